The van der Waals surface area contributed by atoms with Crippen molar-refractivity contribution in [2.45, 2.75) is 13.8 Å². The minimum absolute atomic E-state index is 0.171. The van der Waals surface area contributed by atoms with Crippen LogP contribution >= 0.6 is 11.6 Å². The van der Waals surface area contributed by atoms with Crippen molar-refractivity contribution in [3.8, 4) is 11.5 Å². The van der Waals surface area contributed by atoms with E-state index in [-0.39, 0.29) is 16.5 Å². The normalized spacial score (nSPS) is 10.3. The van der Waals surface area contributed by atoms with Gasteiger partial charge in [0.1, 0.15) is 11.5 Å². The van der Waals surface area contributed by atoms with Gasteiger partial charge in [-0.05, 0) is 50.2 Å². The van der Waals surface area contributed by atoms with E-state index in [9.17, 15) is 9.59 Å². The third-order valence-electron chi connectivity index (χ3n) is 3.89. The maximum Gasteiger partial charge on any atom is 0.343 e. The van der Waals surface area contributed by atoms with Crippen molar-refractivity contribution in [2.24, 2.45) is 0 Å². The van der Waals surface area contributed by atoms with Crippen LogP contribution in [0, 0.1) is 13.8 Å². The highest BCUT2D eigenvalue weighted by molar-refractivity contribution is 6.32. The molecule has 3 aromatic carbocycles. The molecule has 3 aromatic rings. The number of esters is 2. The molecular weight excluding hydrogens is 364 g/mol. The number of hydrogen-bond donors (Lipinski definition) is 0. The molecule has 4 nitrogen and oxygen atoms in total. The highest BCUT2D eigenvalue weighted by Crippen LogP contribution is 2.30. The van der Waals surface area contributed by atoms with Gasteiger partial charge in [-0.3, -0.25) is 0 Å². The zero-order valence-corrected chi connectivity index (χ0v) is 15.6. The lowest BCUT2D eigenvalue weighted by molar-refractivity contribution is 0.0719. The van der Waals surface area contributed by atoms with Crippen LogP contribution in [0.1, 0.15) is 31.8 Å². The number of halogens is 1. The molecule has 0 saturated heterocycles. The second-order valence-electron chi connectivity index (χ2n) is 6.10. The lowest BCUT2D eigenvalue weighted by Crippen LogP contribution is -2.10. The van der Waals surface area contributed by atoms with E-state index in [1.165, 1.54) is 18.2 Å². The summed E-state index contributed by atoms with van der Waals surface area (Å²) in [6, 6.07) is 18.5. The van der Waals surface area contributed by atoms with Gasteiger partial charge >= 0.3 is 11.9 Å². The van der Waals surface area contributed by atoms with Crippen LogP contribution < -0.4 is 9.47 Å². The van der Waals surface area contributed by atoms with E-state index >= 15 is 0 Å². The Bertz CT molecular complexity index is 976. The zero-order chi connectivity index (χ0) is 19.4. The molecule has 0 fully saturated rings. The van der Waals surface area contributed by atoms with Gasteiger partial charge in [0.05, 0.1) is 16.1 Å². The van der Waals surface area contributed by atoms with Crippen molar-refractivity contribution in [1.82, 2.24) is 0 Å². The third-order valence-corrected chi connectivity index (χ3v) is 4.19. The number of carbonyl (C=O) groups excluding carboxylic acids is 2. The van der Waals surface area contributed by atoms with Crippen molar-refractivity contribution in [1.29, 1.82) is 0 Å². The maximum atomic E-state index is 12.2. The fourth-order valence-corrected chi connectivity index (χ4v) is 2.54. The van der Waals surface area contributed by atoms with Crippen LogP contribution in [-0.2, 0) is 0 Å². The second-order valence-corrected chi connectivity index (χ2v) is 6.51. The minimum Gasteiger partial charge on any atom is -0.423 e. The van der Waals surface area contributed by atoms with E-state index in [1.807, 2.05) is 38.1 Å². The van der Waals surface area contributed by atoms with E-state index in [2.05, 4.69) is 0 Å². The van der Waals surface area contributed by atoms with Crippen molar-refractivity contribution < 1.29 is 19.1 Å². The van der Waals surface area contributed by atoms with Crippen molar-refractivity contribution in [3.05, 3.63) is 94.0 Å². The lowest BCUT2D eigenvalue weighted by Gasteiger charge is -2.09. The topological polar surface area (TPSA) is 52.6 Å². The highest BCUT2D eigenvalue weighted by Gasteiger charge is 2.14. The van der Waals surface area contributed by atoms with Crippen LogP contribution in [0.15, 0.2) is 66.7 Å². The van der Waals surface area contributed by atoms with Crippen LogP contribution in [-0.4, -0.2) is 11.9 Å². The summed E-state index contributed by atoms with van der Waals surface area (Å²) in [6.45, 7) is 3.87. The second kappa shape index (κ2) is 8.06. The average Bonchev–Trinajstić information content (AvgIpc) is 2.65. The molecule has 0 aliphatic carbocycles. The first kappa shape index (κ1) is 18.7. The molecular formula is C22H17ClO4. The number of ether oxygens (including phenoxy) is 2. The third kappa shape index (κ3) is 4.74. The van der Waals surface area contributed by atoms with Gasteiger partial charge in [0.25, 0.3) is 0 Å². The molecule has 0 aliphatic rings. The summed E-state index contributed by atoms with van der Waals surface area (Å²) in [5, 5.41) is 0.171. The van der Waals surface area contributed by atoms with E-state index in [0.29, 0.717) is 11.1 Å². The van der Waals surface area contributed by atoms with Crippen molar-refractivity contribution in [3.63, 3.8) is 0 Å². The van der Waals surface area contributed by atoms with Crippen LogP contribution in [0.4, 0.5) is 0 Å². The Morgan fingerprint density at radius 2 is 1.19 bits per heavy atom. The Morgan fingerprint density at radius 3 is 1.67 bits per heavy atom. The lowest BCUT2D eigenvalue weighted by atomic mass is 10.1. The van der Waals surface area contributed by atoms with Gasteiger partial charge in [0.15, 0.2) is 0 Å². The summed E-state index contributed by atoms with van der Waals surface area (Å²) < 4.78 is 10.6. The number of carbonyl (C=O) groups is 2. The molecule has 5 heteroatoms. The van der Waals surface area contributed by atoms with E-state index in [4.69, 9.17) is 21.1 Å². The Hall–Kier alpha value is -3.11. The van der Waals surface area contributed by atoms with Gasteiger partial charge in [0, 0.05) is 6.07 Å². The van der Waals surface area contributed by atoms with Crippen LogP contribution in [0.5, 0.6) is 11.5 Å². The molecule has 0 unspecified atom stereocenters. The summed E-state index contributed by atoms with van der Waals surface area (Å²) in [5.41, 5.74) is 2.96. The van der Waals surface area contributed by atoms with E-state index in [1.54, 1.807) is 24.3 Å². The summed E-state index contributed by atoms with van der Waals surface area (Å²) in [6.07, 6.45) is 0. The molecule has 0 heterocycles. The molecule has 27 heavy (non-hydrogen) atoms. The molecule has 0 amide bonds. The number of benzene rings is 3. The molecule has 0 aromatic heterocycles. The van der Waals surface area contributed by atoms with Crippen LogP contribution in [0.25, 0.3) is 0 Å². The molecule has 3 rings (SSSR count). The standard InChI is InChI=1S/C22H17ClO4/c1-14-3-7-16(8-4-14)21(24)26-18-11-12-20(19(23)13-18)27-22(25)17-9-5-15(2)6-10-17/h3-13H,1-2H3. The van der Waals surface area contributed by atoms with Crippen molar-refractivity contribution in [2.75, 3.05) is 0 Å². The molecule has 0 saturated carbocycles. The maximum absolute atomic E-state index is 12.2. The molecule has 0 N–H and O–H groups in total. The molecule has 136 valence electrons. The molecule has 0 radical (unpaired) electrons. The zero-order valence-electron chi connectivity index (χ0n) is 14.9. The SMILES string of the molecule is Cc1ccc(C(=O)Oc2ccc(OC(=O)c3ccc(C)cc3)c(Cl)c2)cc1. The Morgan fingerprint density at radius 1 is 0.704 bits per heavy atom. The largest absolute Gasteiger partial charge is 0.423 e. The van der Waals surface area contributed by atoms with Gasteiger partial charge in [-0.1, -0.05) is 47.0 Å². The molecule has 0 bridgehead atoms. The fourth-order valence-electron chi connectivity index (χ4n) is 2.33. The van der Waals surface area contributed by atoms with Gasteiger partial charge in [-0.25, -0.2) is 9.59 Å². The van der Waals surface area contributed by atoms with Crippen LogP contribution in [0.3, 0.4) is 0 Å². The molecule has 0 aliphatic heterocycles. The van der Waals surface area contributed by atoms with Gasteiger partial charge in [-0.15, -0.1) is 0 Å². The first-order valence-electron chi connectivity index (χ1n) is 8.29. The number of aryl methyl sites for hydroxylation is 2. The first-order valence-corrected chi connectivity index (χ1v) is 8.67. The van der Waals surface area contributed by atoms with E-state index in [0.717, 1.165) is 11.1 Å². The fraction of sp³-hybridized carbons (Fsp3) is 0.0909. The highest BCUT2D eigenvalue weighted by atomic mass is 35.5. The predicted molar refractivity (Wildman–Crippen MR) is 104 cm³/mol. The summed E-state index contributed by atoms with van der Waals surface area (Å²) in [4.78, 5) is 24.3. The predicted octanol–water partition coefficient (Wildman–Crippen LogP) is 5.40. The average molecular weight is 381 g/mol. The Kier molecular flexibility index (Phi) is 5.57. The van der Waals surface area contributed by atoms with Gasteiger partial charge in [-0.2, -0.15) is 0 Å². The smallest absolute Gasteiger partial charge is 0.343 e. The minimum atomic E-state index is -0.513. The molecule has 0 spiro atoms. The Labute approximate surface area is 162 Å². The quantitative estimate of drug-likeness (QED) is 0.449. The van der Waals surface area contributed by atoms with Crippen LogP contribution in [0.2, 0.25) is 5.02 Å². The van der Waals surface area contributed by atoms with Crippen molar-refractivity contribution >= 4 is 23.5 Å². The first-order chi connectivity index (χ1) is 12.9. The summed E-state index contributed by atoms with van der Waals surface area (Å²) in [5.74, 6) is -0.546. The monoisotopic (exact) mass is 380 g/mol. The van der Waals surface area contributed by atoms with E-state index < -0.39 is 11.9 Å². The molecule has 0 atom stereocenters. The van der Waals surface area contributed by atoms with Gasteiger partial charge < -0.3 is 9.47 Å². The summed E-state index contributed by atoms with van der Waals surface area (Å²) >= 11 is 6.17. The number of hydrogen-bond acceptors (Lipinski definition) is 4. The Balaban J connectivity index is 1.69. The number of rotatable bonds is 4. The summed E-state index contributed by atoms with van der Waals surface area (Å²) in [7, 11) is 0. The van der Waals surface area contributed by atoms with Gasteiger partial charge in [0.2, 0.25) is 0 Å².